The van der Waals surface area contributed by atoms with Crippen LogP contribution in [0.5, 0.6) is 0 Å². The number of rotatable bonds is 9. The van der Waals surface area contributed by atoms with E-state index in [-0.39, 0.29) is 17.0 Å². The summed E-state index contributed by atoms with van der Waals surface area (Å²) in [6, 6.07) is -1.10. The van der Waals surface area contributed by atoms with Crippen molar-refractivity contribution in [3.8, 4) is 0 Å². The molecule has 0 saturated carbocycles. The Morgan fingerprint density at radius 2 is 1.69 bits per heavy atom. The summed E-state index contributed by atoms with van der Waals surface area (Å²) in [5.41, 5.74) is 6.12. The third-order valence-corrected chi connectivity index (χ3v) is 7.79. The van der Waals surface area contributed by atoms with E-state index in [1.807, 2.05) is 0 Å². The van der Waals surface area contributed by atoms with Crippen LogP contribution in [-0.4, -0.2) is 106 Å². The molecule has 0 spiro atoms. The fourth-order valence-corrected chi connectivity index (χ4v) is 5.51. The van der Waals surface area contributed by atoms with Crippen molar-refractivity contribution in [2.24, 2.45) is 4.99 Å². The Morgan fingerprint density at radius 1 is 1.00 bits per heavy atom. The molecule has 9 atom stereocenters. The first-order valence-corrected chi connectivity index (χ1v) is 12.9. The predicted octanol–water partition coefficient (Wildman–Crippen LogP) is -2.55. The van der Waals surface area contributed by atoms with Crippen molar-refractivity contribution < 1.29 is 57.4 Å². The number of hydrogen-bond donors (Lipinski definition) is 7. The molecule has 18 nitrogen and oxygen atoms in total. The van der Waals surface area contributed by atoms with Crippen LogP contribution in [0, 0.1) is 0 Å². The predicted molar refractivity (Wildman–Crippen MR) is 113 cm³/mol. The van der Waals surface area contributed by atoms with Gasteiger partial charge < -0.3 is 40.7 Å². The summed E-state index contributed by atoms with van der Waals surface area (Å²) in [5.74, 6) is 0.0705. The molecule has 35 heavy (non-hydrogen) atoms. The molecule has 2 aliphatic heterocycles. The van der Waals surface area contributed by atoms with Crippen LogP contribution >= 0.6 is 15.6 Å². The van der Waals surface area contributed by atoms with Crippen LogP contribution in [0.2, 0.25) is 0 Å². The number of nitrogens with zero attached hydrogens (tertiary/aromatic N) is 5. The number of nitrogens with two attached hydrogens (primary N) is 1. The van der Waals surface area contributed by atoms with Gasteiger partial charge in [-0.2, -0.15) is 4.31 Å². The summed E-state index contributed by atoms with van der Waals surface area (Å²) < 4.78 is 44.3. The van der Waals surface area contributed by atoms with Crippen LogP contribution in [0.1, 0.15) is 6.23 Å². The van der Waals surface area contributed by atoms with Gasteiger partial charge in [-0.25, -0.2) is 24.1 Å². The summed E-state index contributed by atoms with van der Waals surface area (Å²) in [4.78, 5) is 35.0. The highest BCUT2D eigenvalue weighted by Crippen LogP contribution is 2.60. The van der Waals surface area contributed by atoms with E-state index in [4.69, 9.17) is 10.5 Å². The van der Waals surface area contributed by atoms with Crippen LogP contribution in [0.25, 0.3) is 11.2 Å². The van der Waals surface area contributed by atoms with Crippen LogP contribution in [0.4, 0.5) is 5.82 Å². The lowest BCUT2D eigenvalue weighted by Gasteiger charge is -2.20. The van der Waals surface area contributed by atoms with Gasteiger partial charge in [-0.15, -0.1) is 0 Å². The number of nitrogen functional groups attached to an aromatic ring is 1. The number of aliphatic imine (C=N–C) groups is 1. The molecule has 194 valence electrons. The highest BCUT2D eigenvalue weighted by Gasteiger charge is 2.46. The third kappa shape index (κ3) is 5.59. The number of ether oxygens (including phenoxy) is 1. The van der Waals surface area contributed by atoms with E-state index >= 15 is 0 Å². The number of fused-ring (bicyclic) bond motifs is 1. The molecular formula is C15H22N6O12P2. The zero-order valence-electron chi connectivity index (χ0n) is 17.5. The lowest BCUT2D eigenvalue weighted by molar-refractivity contribution is -0.0504. The number of anilines is 1. The van der Waals surface area contributed by atoms with Crippen LogP contribution in [-0.2, 0) is 27.2 Å². The Bertz CT molecular complexity index is 1200. The van der Waals surface area contributed by atoms with E-state index in [2.05, 4.69) is 33.3 Å². The number of imidazole rings is 1. The van der Waals surface area contributed by atoms with E-state index in [9.17, 15) is 39.3 Å². The van der Waals surface area contributed by atoms with Gasteiger partial charge in [0.05, 0.1) is 19.5 Å². The Balaban J connectivity index is 1.35. The first-order chi connectivity index (χ1) is 16.4. The molecule has 0 aromatic carbocycles. The molecule has 20 heteroatoms. The Labute approximate surface area is 195 Å². The van der Waals surface area contributed by atoms with E-state index in [1.165, 1.54) is 10.9 Å². The normalized spacial score (nSPS) is 34.3. The maximum absolute atomic E-state index is 12.1. The van der Waals surface area contributed by atoms with E-state index < -0.39 is 71.6 Å². The van der Waals surface area contributed by atoms with Gasteiger partial charge in [-0.05, 0) is 0 Å². The van der Waals surface area contributed by atoms with Crippen LogP contribution in [0.3, 0.4) is 0 Å². The molecular weight excluding hydrogens is 518 g/mol. The largest absolute Gasteiger partial charge is 0.481 e. The number of aliphatic hydroxyl groups excluding tert-OH is 4. The Kier molecular flexibility index (Phi) is 7.36. The molecule has 2 aromatic rings. The van der Waals surface area contributed by atoms with Crippen molar-refractivity contribution in [2.45, 2.75) is 42.8 Å². The lowest BCUT2D eigenvalue weighted by Crippen LogP contribution is -2.33. The van der Waals surface area contributed by atoms with Crippen LogP contribution < -0.4 is 5.73 Å². The fraction of sp³-hybridized carbons (Fsp3) is 0.600. The molecule has 0 aliphatic carbocycles. The van der Waals surface area contributed by atoms with E-state index in [1.54, 1.807) is 0 Å². The first kappa shape index (κ1) is 26.2. The monoisotopic (exact) mass is 540 g/mol. The minimum absolute atomic E-state index is 0.0705. The van der Waals surface area contributed by atoms with Gasteiger partial charge in [0, 0.05) is 6.21 Å². The van der Waals surface area contributed by atoms with Crippen molar-refractivity contribution in [3.05, 3.63) is 12.7 Å². The second kappa shape index (κ2) is 9.85. The van der Waals surface area contributed by atoms with Gasteiger partial charge >= 0.3 is 15.6 Å². The van der Waals surface area contributed by atoms with Crippen molar-refractivity contribution in [2.75, 3.05) is 18.9 Å². The van der Waals surface area contributed by atoms with E-state index in [0.717, 1.165) is 12.5 Å². The van der Waals surface area contributed by atoms with Crippen molar-refractivity contribution in [3.63, 3.8) is 0 Å². The quantitative estimate of drug-likeness (QED) is 0.161. The molecule has 4 rings (SSSR count). The number of hydrogen-bond acceptors (Lipinski definition) is 15. The Morgan fingerprint density at radius 3 is 2.34 bits per heavy atom. The van der Waals surface area contributed by atoms with Gasteiger partial charge in [0.15, 0.2) is 17.7 Å². The number of aromatic nitrogens is 4. The van der Waals surface area contributed by atoms with Gasteiger partial charge in [-0.3, -0.25) is 18.6 Å². The van der Waals surface area contributed by atoms with Gasteiger partial charge in [0.2, 0.25) is 0 Å². The van der Waals surface area contributed by atoms with Crippen LogP contribution in [0.15, 0.2) is 17.6 Å². The number of phosphoric acid groups is 2. The fourth-order valence-electron chi connectivity index (χ4n) is 3.41. The molecule has 1 saturated heterocycles. The zero-order chi connectivity index (χ0) is 25.5. The molecule has 1 fully saturated rings. The van der Waals surface area contributed by atoms with Gasteiger partial charge in [0.25, 0.3) is 0 Å². The molecule has 0 amide bonds. The molecule has 2 aliphatic rings. The number of phosphoric ester groups is 2. The molecule has 0 radical (unpaired) electrons. The molecule has 0 bridgehead atoms. The topological polar surface area (TPSA) is 274 Å². The maximum Gasteiger partial charge on any atom is 0.481 e. The van der Waals surface area contributed by atoms with Crippen molar-refractivity contribution in [1.29, 1.82) is 0 Å². The SMILES string of the molecule is Nc1ncnc2c1ncn2C1OC(COP(=O)(O)OP(=O)(O)OC[C@H]2N=C[C@H](O)[C@@H]2O)C(O)C1O. The van der Waals surface area contributed by atoms with E-state index in [0.29, 0.717) is 0 Å². The standard InChI is InChI=1S/C15H22N6O12P2/c16-13-9-14(19-4-18-13)21(5-20-9)15-12(25)11(24)8(32-15)3-31-35(28,29)33-34(26,27)30-2-6-10(23)7(22)1-17-6/h1,4-8,10-12,15,22-25H,2-3H2,(H,26,27)(H,28,29)(H2,16,18,19)/t6-,7+,8?,10-,11?,12?,15?/m1/s1. The van der Waals surface area contributed by atoms with Crippen molar-refractivity contribution >= 4 is 38.8 Å². The van der Waals surface area contributed by atoms with Gasteiger partial charge in [-0.1, -0.05) is 0 Å². The second-order valence-corrected chi connectivity index (χ2v) is 10.6. The molecule has 4 heterocycles. The average molecular weight is 540 g/mol. The van der Waals surface area contributed by atoms with Crippen molar-refractivity contribution in [1.82, 2.24) is 19.5 Å². The minimum Gasteiger partial charge on any atom is -0.388 e. The minimum atomic E-state index is -5.24. The summed E-state index contributed by atoms with van der Waals surface area (Å²) in [5, 5.41) is 39.7. The highest BCUT2D eigenvalue weighted by atomic mass is 31.3. The first-order valence-electron chi connectivity index (χ1n) is 9.88. The molecule has 8 N–H and O–H groups in total. The summed E-state index contributed by atoms with van der Waals surface area (Å²) in [7, 11) is -10.4. The molecule has 2 aromatic heterocycles. The smallest absolute Gasteiger partial charge is 0.388 e. The Hall–Kier alpha value is -1.92. The lowest BCUT2D eigenvalue weighted by atomic mass is 10.1. The summed E-state index contributed by atoms with van der Waals surface area (Å²) in [6.45, 7) is -1.56. The highest BCUT2D eigenvalue weighted by molar-refractivity contribution is 7.61. The van der Waals surface area contributed by atoms with Gasteiger partial charge in [0.1, 0.15) is 48.4 Å². The summed E-state index contributed by atoms with van der Waals surface area (Å²) in [6.07, 6.45) is -5.06. The second-order valence-electron chi connectivity index (χ2n) is 7.59. The molecule has 6 unspecified atom stereocenters. The average Bonchev–Trinajstić information content (AvgIpc) is 3.43. The zero-order valence-corrected chi connectivity index (χ0v) is 19.3. The third-order valence-electron chi connectivity index (χ3n) is 5.19. The summed E-state index contributed by atoms with van der Waals surface area (Å²) >= 11 is 0. The number of aliphatic hydroxyl groups is 4. The maximum atomic E-state index is 12.1.